The lowest BCUT2D eigenvalue weighted by Gasteiger charge is -2.40. The first kappa shape index (κ1) is 63.9. The highest BCUT2D eigenvalue weighted by atomic mass is 16.7. The molecule has 1 heterocycles. The lowest BCUT2D eigenvalue weighted by Crippen LogP contribution is -2.60. The van der Waals surface area contributed by atoms with Gasteiger partial charge in [-0.1, -0.05) is 248 Å². The van der Waals surface area contributed by atoms with E-state index < -0.39 is 49.5 Å². The SMILES string of the molecule is CC/C=C\C/C=C\C/C=C\C/C=C\C/C=C\CCCCCC(=O)NC(COC1OC(CO)C(O)C(O)C1O)C(O)CCCCCCCCCCCCCCCCCCCCCCCCCCCC. The molecule has 1 fully saturated rings. The highest BCUT2D eigenvalue weighted by Gasteiger charge is 2.44. The average molecular weight is 959 g/mol. The van der Waals surface area contributed by atoms with Crippen LogP contribution in [0.1, 0.15) is 251 Å². The smallest absolute Gasteiger partial charge is 0.220 e. The molecule has 0 aromatic rings. The fourth-order valence-electron chi connectivity index (χ4n) is 8.90. The molecule has 0 aromatic carbocycles. The van der Waals surface area contributed by atoms with Crippen molar-refractivity contribution in [3.8, 4) is 0 Å². The maximum Gasteiger partial charge on any atom is 0.220 e. The lowest BCUT2D eigenvalue weighted by atomic mass is 9.99. The highest BCUT2D eigenvalue weighted by Crippen LogP contribution is 2.23. The van der Waals surface area contributed by atoms with Gasteiger partial charge >= 0.3 is 0 Å². The summed E-state index contributed by atoms with van der Waals surface area (Å²) in [6, 6.07) is -0.740. The van der Waals surface area contributed by atoms with Gasteiger partial charge in [-0.05, 0) is 57.8 Å². The van der Waals surface area contributed by atoms with Gasteiger partial charge in [0.25, 0.3) is 0 Å². The van der Waals surface area contributed by atoms with Gasteiger partial charge in [-0.15, -0.1) is 0 Å². The number of rotatable bonds is 48. The standard InChI is InChI=1S/C59H107NO8/c1-3-5-7-9-11-13-15-17-19-21-23-24-25-26-27-28-29-31-32-34-36-38-40-42-44-46-48-53(62)52(51-67-59-58(66)57(65)56(64)54(50-61)68-59)60-55(63)49-47-45-43-41-39-37-35-33-30-22-20-18-16-14-12-10-8-6-4-2/h6,8,12,14,18,20,30,33,37,39,52-54,56-59,61-62,64-66H,3-5,7,9-11,13,15-17,19,21-29,31-32,34-36,38,40-51H2,1-2H3,(H,60,63)/b8-6-,14-12-,20-18-,33-30-,39-37-. The molecule has 0 radical (unpaired) electrons. The number of aliphatic hydroxyl groups excluding tert-OH is 5. The van der Waals surface area contributed by atoms with Crippen LogP contribution < -0.4 is 5.32 Å². The molecule has 9 heteroatoms. The molecular formula is C59H107NO8. The van der Waals surface area contributed by atoms with Crippen molar-refractivity contribution in [3.63, 3.8) is 0 Å². The van der Waals surface area contributed by atoms with Gasteiger partial charge in [0.2, 0.25) is 5.91 Å². The Morgan fingerprint density at radius 2 is 0.912 bits per heavy atom. The summed E-state index contributed by atoms with van der Waals surface area (Å²) >= 11 is 0. The Morgan fingerprint density at radius 3 is 1.34 bits per heavy atom. The zero-order chi connectivity index (χ0) is 49.4. The van der Waals surface area contributed by atoms with Gasteiger partial charge in [0, 0.05) is 6.42 Å². The predicted octanol–water partition coefficient (Wildman–Crippen LogP) is 13.9. The van der Waals surface area contributed by atoms with Gasteiger partial charge in [-0.25, -0.2) is 0 Å². The van der Waals surface area contributed by atoms with Gasteiger partial charge in [0.15, 0.2) is 6.29 Å². The summed E-state index contributed by atoms with van der Waals surface area (Å²) in [5.41, 5.74) is 0. The summed E-state index contributed by atoms with van der Waals surface area (Å²) in [7, 11) is 0. The molecule has 9 nitrogen and oxygen atoms in total. The molecule has 0 aromatic heterocycles. The van der Waals surface area contributed by atoms with Crippen LogP contribution in [-0.4, -0.2) is 87.5 Å². The molecule has 1 aliphatic rings. The molecule has 7 unspecified atom stereocenters. The topological polar surface area (TPSA) is 149 Å². The minimum absolute atomic E-state index is 0.154. The number of ether oxygens (including phenoxy) is 2. The number of hydrogen-bond acceptors (Lipinski definition) is 8. The molecule has 0 saturated carbocycles. The Bertz CT molecular complexity index is 1250. The number of amides is 1. The largest absolute Gasteiger partial charge is 0.394 e. The lowest BCUT2D eigenvalue weighted by molar-refractivity contribution is -0.302. The van der Waals surface area contributed by atoms with Gasteiger partial charge in [0.05, 0.1) is 25.4 Å². The number of hydrogen-bond donors (Lipinski definition) is 6. The summed E-state index contributed by atoms with van der Waals surface area (Å²) in [6.45, 7) is 3.72. The Hall–Kier alpha value is -2.11. The first-order valence-electron chi connectivity index (χ1n) is 28.5. The summed E-state index contributed by atoms with van der Waals surface area (Å²) in [5, 5.41) is 54.6. The predicted molar refractivity (Wildman–Crippen MR) is 286 cm³/mol. The zero-order valence-corrected chi connectivity index (χ0v) is 43.9. The first-order chi connectivity index (χ1) is 33.3. The number of allylic oxidation sites excluding steroid dienone is 10. The third kappa shape index (κ3) is 37.7. The second-order valence-corrected chi connectivity index (χ2v) is 19.7. The van der Waals surface area contributed by atoms with E-state index in [2.05, 4.69) is 79.9 Å². The number of carbonyl (C=O) groups is 1. The van der Waals surface area contributed by atoms with Crippen molar-refractivity contribution in [3.05, 3.63) is 60.8 Å². The third-order valence-electron chi connectivity index (χ3n) is 13.4. The van der Waals surface area contributed by atoms with Gasteiger partial charge < -0.3 is 40.3 Å². The Kier molecular flexibility index (Phi) is 45.6. The van der Waals surface area contributed by atoms with E-state index in [4.69, 9.17) is 9.47 Å². The van der Waals surface area contributed by atoms with Crippen LogP contribution in [0.15, 0.2) is 60.8 Å². The van der Waals surface area contributed by atoms with Crippen molar-refractivity contribution in [1.29, 1.82) is 0 Å². The van der Waals surface area contributed by atoms with Crippen LogP contribution in [0.4, 0.5) is 0 Å². The maximum atomic E-state index is 13.0. The van der Waals surface area contributed by atoms with Crippen molar-refractivity contribution in [2.45, 2.75) is 294 Å². The Morgan fingerprint density at radius 1 is 0.515 bits per heavy atom. The van der Waals surface area contributed by atoms with Crippen LogP contribution in [0.3, 0.4) is 0 Å². The van der Waals surface area contributed by atoms with E-state index in [0.717, 1.165) is 77.0 Å². The zero-order valence-electron chi connectivity index (χ0n) is 43.9. The molecular weight excluding hydrogens is 851 g/mol. The maximum absolute atomic E-state index is 13.0. The van der Waals surface area contributed by atoms with E-state index in [1.165, 1.54) is 148 Å². The fourth-order valence-corrected chi connectivity index (χ4v) is 8.90. The monoisotopic (exact) mass is 958 g/mol. The Balaban J connectivity index is 2.23. The van der Waals surface area contributed by atoms with Crippen LogP contribution >= 0.6 is 0 Å². The molecule has 1 amide bonds. The number of nitrogens with one attached hydrogen (secondary N) is 1. The van der Waals surface area contributed by atoms with Crippen LogP contribution in [-0.2, 0) is 14.3 Å². The normalized spacial score (nSPS) is 20.0. The summed E-state index contributed by atoms with van der Waals surface area (Å²) in [4.78, 5) is 13.0. The van der Waals surface area contributed by atoms with Crippen molar-refractivity contribution in [2.75, 3.05) is 13.2 Å². The van der Waals surface area contributed by atoms with E-state index in [1.807, 2.05) is 0 Å². The van der Waals surface area contributed by atoms with Crippen LogP contribution in [0.25, 0.3) is 0 Å². The highest BCUT2D eigenvalue weighted by molar-refractivity contribution is 5.76. The minimum atomic E-state index is -1.56. The number of carbonyl (C=O) groups excluding carboxylic acids is 1. The fraction of sp³-hybridized carbons (Fsp3) is 0.814. The molecule has 1 aliphatic heterocycles. The van der Waals surface area contributed by atoms with Crippen molar-refractivity contribution in [1.82, 2.24) is 5.32 Å². The Labute approximate surface area is 417 Å². The average Bonchev–Trinajstić information content (AvgIpc) is 3.34. The van der Waals surface area contributed by atoms with E-state index in [-0.39, 0.29) is 12.5 Å². The van der Waals surface area contributed by atoms with Gasteiger partial charge in [0.1, 0.15) is 24.4 Å². The molecule has 1 saturated heterocycles. The van der Waals surface area contributed by atoms with E-state index >= 15 is 0 Å². The molecule has 0 bridgehead atoms. The molecule has 0 aliphatic carbocycles. The molecule has 6 N–H and O–H groups in total. The van der Waals surface area contributed by atoms with Crippen LogP contribution in [0, 0.1) is 0 Å². The van der Waals surface area contributed by atoms with Crippen molar-refractivity contribution in [2.24, 2.45) is 0 Å². The summed E-state index contributed by atoms with van der Waals surface area (Å²) in [6.07, 6.45) is 58.2. The van der Waals surface area contributed by atoms with Crippen molar-refractivity contribution >= 4 is 5.91 Å². The van der Waals surface area contributed by atoms with E-state index in [1.54, 1.807) is 0 Å². The summed E-state index contributed by atoms with van der Waals surface area (Å²) < 4.78 is 11.3. The number of unbranched alkanes of at least 4 members (excludes halogenated alkanes) is 28. The first-order valence-corrected chi connectivity index (χ1v) is 28.5. The third-order valence-corrected chi connectivity index (χ3v) is 13.4. The minimum Gasteiger partial charge on any atom is -0.394 e. The van der Waals surface area contributed by atoms with Gasteiger partial charge in [-0.2, -0.15) is 0 Å². The van der Waals surface area contributed by atoms with Crippen molar-refractivity contribution < 1.29 is 39.8 Å². The second kappa shape index (κ2) is 48.5. The van der Waals surface area contributed by atoms with E-state index in [9.17, 15) is 30.3 Å². The molecule has 68 heavy (non-hydrogen) atoms. The molecule has 1 rings (SSSR count). The van der Waals surface area contributed by atoms with Crippen LogP contribution in [0.5, 0.6) is 0 Å². The molecule has 7 atom stereocenters. The summed E-state index contributed by atoms with van der Waals surface area (Å²) in [5.74, 6) is -0.175. The quantitative estimate of drug-likeness (QED) is 0.0261. The van der Waals surface area contributed by atoms with Gasteiger partial charge in [-0.3, -0.25) is 4.79 Å². The molecule has 396 valence electrons. The second-order valence-electron chi connectivity index (χ2n) is 19.7. The van der Waals surface area contributed by atoms with E-state index in [0.29, 0.717) is 12.8 Å². The molecule has 0 spiro atoms. The number of aliphatic hydroxyl groups is 5. The van der Waals surface area contributed by atoms with Crippen LogP contribution in [0.2, 0.25) is 0 Å².